The van der Waals surface area contributed by atoms with Gasteiger partial charge in [-0.05, 0) is 56.2 Å². The molecule has 1 amide bonds. The third-order valence-corrected chi connectivity index (χ3v) is 4.94. The van der Waals surface area contributed by atoms with Crippen molar-refractivity contribution < 1.29 is 9.18 Å². The molecule has 1 aromatic carbocycles. The van der Waals surface area contributed by atoms with Crippen molar-refractivity contribution in [2.24, 2.45) is 5.92 Å². The van der Waals surface area contributed by atoms with E-state index in [9.17, 15) is 9.18 Å². The number of amides is 1. The molecule has 1 fully saturated rings. The monoisotopic (exact) mass is 380 g/mol. The summed E-state index contributed by atoms with van der Waals surface area (Å²) in [7, 11) is 0. The van der Waals surface area contributed by atoms with Crippen molar-refractivity contribution in [3.63, 3.8) is 0 Å². The standard InChI is InChI=1S/C20H21FN6O/c1-14-22-10-12-27(14)19-9-8-18(24-25-19)26-11-2-3-15(13-26)20(28)23-17-6-4-16(21)5-7-17/h4-10,12,15H,2-3,11,13H2,1H3,(H,23,28). The summed E-state index contributed by atoms with van der Waals surface area (Å²) in [6.07, 6.45) is 5.27. The number of nitrogens with one attached hydrogen (secondary N) is 1. The van der Waals surface area contributed by atoms with Crippen LogP contribution in [0, 0.1) is 18.7 Å². The average Bonchev–Trinajstić information content (AvgIpc) is 3.16. The largest absolute Gasteiger partial charge is 0.354 e. The molecule has 0 radical (unpaired) electrons. The van der Waals surface area contributed by atoms with Crippen molar-refractivity contribution in [1.82, 2.24) is 19.7 Å². The lowest BCUT2D eigenvalue weighted by Crippen LogP contribution is -2.41. The number of carbonyl (C=O) groups is 1. The van der Waals surface area contributed by atoms with E-state index in [-0.39, 0.29) is 17.6 Å². The Kier molecular flexibility index (Phi) is 5.01. The van der Waals surface area contributed by atoms with E-state index in [4.69, 9.17) is 0 Å². The molecule has 144 valence electrons. The summed E-state index contributed by atoms with van der Waals surface area (Å²) in [6.45, 7) is 3.31. The molecule has 0 saturated carbocycles. The van der Waals surface area contributed by atoms with Gasteiger partial charge in [-0.1, -0.05) is 0 Å². The molecule has 0 bridgehead atoms. The summed E-state index contributed by atoms with van der Waals surface area (Å²) in [5, 5.41) is 11.5. The number of aromatic nitrogens is 4. The molecule has 0 aliphatic carbocycles. The van der Waals surface area contributed by atoms with E-state index in [0.29, 0.717) is 18.1 Å². The fourth-order valence-corrected chi connectivity index (χ4v) is 3.41. The Bertz CT molecular complexity index is 954. The topological polar surface area (TPSA) is 75.9 Å². The predicted octanol–water partition coefficient (Wildman–Crippen LogP) is 2.96. The van der Waals surface area contributed by atoms with Crippen molar-refractivity contribution >= 4 is 17.4 Å². The van der Waals surface area contributed by atoms with Gasteiger partial charge in [0.25, 0.3) is 0 Å². The van der Waals surface area contributed by atoms with Crippen molar-refractivity contribution in [3.8, 4) is 5.82 Å². The molecule has 2 aromatic heterocycles. The van der Waals surface area contributed by atoms with Crippen molar-refractivity contribution in [3.05, 3.63) is 60.4 Å². The Labute approximate surface area is 162 Å². The number of carbonyl (C=O) groups excluding carboxylic acids is 1. The van der Waals surface area contributed by atoms with Crippen molar-refractivity contribution in [2.45, 2.75) is 19.8 Å². The Morgan fingerprint density at radius 3 is 2.57 bits per heavy atom. The van der Waals surface area contributed by atoms with E-state index in [1.165, 1.54) is 12.1 Å². The summed E-state index contributed by atoms with van der Waals surface area (Å²) in [5.41, 5.74) is 0.600. The Balaban J connectivity index is 1.42. The highest BCUT2D eigenvalue weighted by Gasteiger charge is 2.27. The second-order valence-corrected chi connectivity index (χ2v) is 6.88. The van der Waals surface area contributed by atoms with Crippen LogP contribution in [0.25, 0.3) is 5.82 Å². The van der Waals surface area contributed by atoms with Crippen LogP contribution in [-0.2, 0) is 4.79 Å². The molecular weight excluding hydrogens is 359 g/mol. The molecule has 1 N–H and O–H groups in total. The molecule has 0 spiro atoms. The highest BCUT2D eigenvalue weighted by molar-refractivity contribution is 5.93. The van der Waals surface area contributed by atoms with Crippen LogP contribution >= 0.6 is 0 Å². The minimum Gasteiger partial charge on any atom is -0.354 e. The highest BCUT2D eigenvalue weighted by Crippen LogP contribution is 2.23. The van der Waals surface area contributed by atoms with E-state index in [1.54, 1.807) is 18.3 Å². The molecule has 3 heterocycles. The lowest BCUT2D eigenvalue weighted by molar-refractivity contribution is -0.120. The van der Waals surface area contributed by atoms with Crippen molar-refractivity contribution in [1.29, 1.82) is 0 Å². The number of aryl methyl sites for hydroxylation is 1. The van der Waals surface area contributed by atoms with Gasteiger partial charge in [0.15, 0.2) is 11.6 Å². The Hall–Kier alpha value is -3.29. The molecule has 3 aromatic rings. The minimum atomic E-state index is -0.324. The molecule has 1 atom stereocenters. The number of hydrogen-bond donors (Lipinski definition) is 1. The van der Waals surface area contributed by atoms with Gasteiger partial charge in [-0.2, -0.15) is 0 Å². The molecule has 7 nitrogen and oxygen atoms in total. The number of nitrogens with zero attached hydrogens (tertiary/aromatic N) is 5. The number of imidazole rings is 1. The lowest BCUT2D eigenvalue weighted by Gasteiger charge is -2.32. The van der Waals surface area contributed by atoms with Gasteiger partial charge in [0.2, 0.25) is 5.91 Å². The van der Waals surface area contributed by atoms with Gasteiger partial charge in [-0.25, -0.2) is 9.37 Å². The van der Waals surface area contributed by atoms with E-state index in [2.05, 4.69) is 25.4 Å². The first-order valence-corrected chi connectivity index (χ1v) is 9.25. The number of benzene rings is 1. The van der Waals surface area contributed by atoms with E-state index < -0.39 is 0 Å². The third kappa shape index (κ3) is 3.85. The predicted molar refractivity (Wildman–Crippen MR) is 104 cm³/mol. The van der Waals surface area contributed by atoms with Crippen LogP contribution in [0.15, 0.2) is 48.8 Å². The first-order chi connectivity index (χ1) is 13.6. The van der Waals surface area contributed by atoms with Crippen LogP contribution in [0.4, 0.5) is 15.9 Å². The second-order valence-electron chi connectivity index (χ2n) is 6.88. The smallest absolute Gasteiger partial charge is 0.229 e. The maximum Gasteiger partial charge on any atom is 0.229 e. The fourth-order valence-electron chi connectivity index (χ4n) is 3.41. The van der Waals surface area contributed by atoms with Crippen LogP contribution in [0.1, 0.15) is 18.7 Å². The SMILES string of the molecule is Cc1nccn1-c1ccc(N2CCCC(C(=O)Nc3ccc(F)cc3)C2)nn1. The number of rotatable bonds is 4. The normalized spacial score (nSPS) is 16.8. The summed E-state index contributed by atoms with van der Waals surface area (Å²) in [5.74, 6) is 1.76. The average molecular weight is 380 g/mol. The molecule has 1 aliphatic heterocycles. The molecule has 1 saturated heterocycles. The Morgan fingerprint density at radius 1 is 1.14 bits per heavy atom. The maximum atomic E-state index is 13.0. The van der Waals surface area contributed by atoms with Crippen molar-refractivity contribution in [2.75, 3.05) is 23.3 Å². The Morgan fingerprint density at radius 2 is 1.89 bits per heavy atom. The van der Waals surface area contributed by atoms with Crippen LogP contribution in [-0.4, -0.2) is 38.7 Å². The van der Waals surface area contributed by atoms with Gasteiger partial charge in [-0.3, -0.25) is 9.36 Å². The summed E-state index contributed by atoms with van der Waals surface area (Å²) in [4.78, 5) is 18.9. The number of halogens is 1. The molecule has 1 unspecified atom stereocenters. The zero-order valence-electron chi connectivity index (χ0n) is 15.5. The molecule has 1 aliphatic rings. The third-order valence-electron chi connectivity index (χ3n) is 4.94. The maximum absolute atomic E-state index is 13.0. The quantitative estimate of drug-likeness (QED) is 0.753. The van der Waals surface area contributed by atoms with E-state index in [1.807, 2.05) is 29.8 Å². The molecule has 8 heteroatoms. The number of anilines is 2. The van der Waals surface area contributed by atoms with Gasteiger partial charge < -0.3 is 10.2 Å². The fraction of sp³-hybridized carbons (Fsp3) is 0.300. The van der Waals surface area contributed by atoms with E-state index >= 15 is 0 Å². The second kappa shape index (κ2) is 7.75. The number of piperidine rings is 1. The van der Waals surface area contributed by atoms with Gasteiger partial charge in [0.1, 0.15) is 11.6 Å². The number of hydrogen-bond acceptors (Lipinski definition) is 5. The van der Waals surface area contributed by atoms with Crippen LogP contribution in [0.3, 0.4) is 0 Å². The summed E-state index contributed by atoms with van der Waals surface area (Å²) in [6, 6.07) is 9.62. The first kappa shape index (κ1) is 18.1. The zero-order valence-corrected chi connectivity index (χ0v) is 15.5. The van der Waals surface area contributed by atoms with Gasteiger partial charge >= 0.3 is 0 Å². The first-order valence-electron chi connectivity index (χ1n) is 9.25. The zero-order chi connectivity index (χ0) is 19.5. The minimum absolute atomic E-state index is 0.0603. The molecule has 4 rings (SSSR count). The lowest BCUT2D eigenvalue weighted by atomic mass is 9.97. The van der Waals surface area contributed by atoms with Crippen LogP contribution in [0.2, 0.25) is 0 Å². The summed E-state index contributed by atoms with van der Waals surface area (Å²) < 4.78 is 14.9. The van der Waals surface area contributed by atoms with Gasteiger partial charge in [-0.15, -0.1) is 10.2 Å². The molecule has 28 heavy (non-hydrogen) atoms. The van der Waals surface area contributed by atoms with Crippen LogP contribution in [0.5, 0.6) is 0 Å². The summed E-state index contributed by atoms with van der Waals surface area (Å²) >= 11 is 0. The molecular formula is C20H21FN6O. The van der Waals surface area contributed by atoms with Gasteiger partial charge in [0.05, 0.1) is 5.92 Å². The van der Waals surface area contributed by atoms with E-state index in [0.717, 1.165) is 31.0 Å². The highest BCUT2D eigenvalue weighted by atomic mass is 19.1. The van der Waals surface area contributed by atoms with Crippen LogP contribution < -0.4 is 10.2 Å². The van der Waals surface area contributed by atoms with Gasteiger partial charge in [0, 0.05) is 31.2 Å².